The molecule has 54 valence electrons. The maximum absolute atomic E-state index is 3.63. The van der Waals surface area contributed by atoms with Crippen LogP contribution < -0.4 is 0 Å². The minimum Gasteiger partial charge on any atom is -0.0891 e. The molecule has 0 radical (unpaired) electrons. The second-order valence-corrected chi connectivity index (χ2v) is 4.80. The molecule has 0 amide bonds. The summed E-state index contributed by atoms with van der Waals surface area (Å²) in [6.45, 7) is 4.62. The van der Waals surface area contributed by atoms with Crippen LogP contribution in [-0.2, 0) is 0 Å². The number of halogens is 1. The van der Waals surface area contributed by atoms with E-state index in [-0.39, 0.29) is 0 Å². The molecule has 0 aromatic carbocycles. The van der Waals surface area contributed by atoms with Crippen LogP contribution in [0.2, 0.25) is 0 Å². The normalized spacial score (nSPS) is 39.0. The Morgan fingerprint density at radius 1 is 1.44 bits per heavy atom. The predicted molar refractivity (Wildman–Crippen MR) is 44.9 cm³/mol. The highest BCUT2D eigenvalue weighted by Gasteiger charge is 2.24. The average molecular weight is 191 g/mol. The van der Waals surface area contributed by atoms with Gasteiger partial charge in [0, 0.05) is 4.83 Å². The van der Waals surface area contributed by atoms with Crippen LogP contribution in [0.5, 0.6) is 0 Å². The lowest BCUT2D eigenvalue weighted by Crippen LogP contribution is -2.05. The topological polar surface area (TPSA) is 0 Å². The Hall–Kier alpha value is 0.480. The summed E-state index contributed by atoms with van der Waals surface area (Å²) in [5.41, 5.74) is 0. The molecule has 3 unspecified atom stereocenters. The van der Waals surface area contributed by atoms with Crippen molar-refractivity contribution in [3.63, 3.8) is 0 Å². The third-order valence-electron chi connectivity index (χ3n) is 2.38. The van der Waals surface area contributed by atoms with Crippen LogP contribution in [-0.4, -0.2) is 4.83 Å². The van der Waals surface area contributed by atoms with E-state index < -0.39 is 0 Å². The fourth-order valence-corrected chi connectivity index (χ4v) is 2.15. The quantitative estimate of drug-likeness (QED) is 0.558. The smallest absolute Gasteiger partial charge is 0.0145 e. The van der Waals surface area contributed by atoms with Crippen LogP contribution in [0, 0.1) is 11.8 Å². The Morgan fingerprint density at radius 3 is 2.33 bits per heavy atom. The van der Waals surface area contributed by atoms with Crippen molar-refractivity contribution in [2.75, 3.05) is 0 Å². The van der Waals surface area contributed by atoms with Crippen LogP contribution in [0.15, 0.2) is 0 Å². The van der Waals surface area contributed by atoms with Crippen molar-refractivity contribution in [2.24, 2.45) is 11.8 Å². The SMILES string of the molecule is CC1CCC(C(C)Br)C1. The van der Waals surface area contributed by atoms with Crippen molar-refractivity contribution in [3.8, 4) is 0 Å². The van der Waals surface area contributed by atoms with Crippen molar-refractivity contribution < 1.29 is 0 Å². The van der Waals surface area contributed by atoms with Crippen LogP contribution in [0.1, 0.15) is 33.1 Å². The molecule has 0 N–H and O–H groups in total. The molecule has 1 fully saturated rings. The maximum Gasteiger partial charge on any atom is 0.0145 e. The van der Waals surface area contributed by atoms with Gasteiger partial charge in [-0.2, -0.15) is 0 Å². The molecule has 1 aliphatic rings. The molecule has 9 heavy (non-hydrogen) atoms. The van der Waals surface area contributed by atoms with E-state index in [9.17, 15) is 0 Å². The summed E-state index contributed by atoms with van der Waals surface area (Å²) in [4.78, 5) is 0.738. The Morgan fingerprint density at radius 2 is 2.11 bits per heavy atom. The number of alkyl halides is 1. The second-order valence-electron chi connectivity index (χ2n) is 3.36. The van der Waals surface area contributed by atoms with Crippen molar-refractivity contribution >= 4 is 15.9 Å². The summed E-state index contributed by atoms with van der Waals surface area (Å²) in [7, 11) is 0. The predicted octanol–water partition coefficient (Wildman–Crippen LogP) is 3.21. The minimum atomic E-state index is 0.738. The summed E-state index contributed by atoms with van der Waals surface area (Å²) in [6, 6.07) is 0. The lowest BCUT2D eigenvalue weighted by Gasteiger charge is -2.10. The van der Waals surface area contributed by atoms with E-state index in [1.165, 1.54) is 19.3 Å². The van der Waals surface area contributed by atoms with Crippen LogP contribution in [0.25, 0.3) is 0 Å². The van der Waals surface area contributed by atoms with Gasteiger partial charge in [0.2, 0.25) is 0 Å². The number of rotatable bonds is 1. The van der Waals surface area contributed by atoms with Gasteiger partial charge in [-0.15, -0.1) is 0 Å². The van der Waals surface area contributed by atoms with Gasteiger partial charge in [-0.3, -0.25) is 0 Å². The molecule has 3 atom stereocenters. The van der Waals surface area contributed by atoms with Crippen molar-refractivity contribution in [3.05, 3.63) is 0 Å². The van der Waals surface area contributed by atoms with E-state index in [2.05, 4.69) is 29.8 Å². The third kappa shape index (κ3) is 1.96. The van der Waals surface area contributed by atoms with Gasteiger partial charge in [-0.25, -0.2) is 0 Å². The Labute approximate surface area is 66.2 Å². The minimum absolute atomic E-state index is 0.738. The zero-order chi connectivity index (χ0) is 6.85. The van der Waals surface area contributed by atoms with E-state index in [0.717, 1.165) is 16.7 Å². The molecule has 1 aliphatic carbocycles. The molecular weight excluding hydrogens is 176 g/mol. The average Bonchev–Trinajstić information content (AvgIpc) is 2.14. The largest absolute Gasteiger partial charge is 0.0891 e. The highest BCUT2D eigenvalue weighted by atomic mass is 79.9. The fourth-order valence-electron chi connectivity index (χ4n) is 1.67. The second kappa shape index (κ2) is 3.05. The van der Waals surface area contributed by atoms with Gasteiger partial charge in [0.1, 0.15) is 0 Å². The highest BCUT2D eigenvalue weighted by Crippen LogP contribution is 2.34. The lowest BCUT2D eigenvalue weighted by atomic mass is 10.0. The summed E-state index contributed by atoms with van der Waals surface area (Å²) >= 11 is 3.63. The van der Waals surface area contributed by atoms with Gasteiger partial charge in [0.15, 0.2) is 0 Å². The number of hydrogen-bond donors (Lipinski definition) is 0. The van der Waals surface area contributed by atoms with Gasteiger partial charge in [0.25, 0.3) is 0 Å². The molecule has 1 saturated carbocycles. The third-order valence-corrected chi connectivity index (χ3v) is 3.13. The maximum atomic E-state index is 3.63. The van der Waals surface area contributed by atoms with Crippen LogP contribution >= 0.6 is 15.9 Å². The standard InChI is InChI=1S/C8H15Br/c1-6-3-4-8(5-6)7(2)9/h6-8H,3-5H2,1-2H3. The number of hydrogen-bond acceptors (Lipinski definition) is 0. The molecule has 1 heteroatoms. The van der Waals surface area contributed by atoms with Gasteiger partial charge < -0.3 is 0 Å². The Kier molecular flexibility index (Phi) is 2.57. The molecule has 0 aliphatic heterocycles. The van der Waals surface area contributed by atoms with Gasteiger partial charge in [-0.05, 0) is 24.7 Å². The van der Waals surface area contributed by atoms with E-state index in [4.69, 9.17) is 0 Å². The first-order valence-corrected chi connectivity index (χ1v) is 4.75. The first-order chi connectivity index (χ1) is 4.20. The van der Waals surface area contributed by atoms with Crippen molar-refractivity contribution in [2.45, 2.75) is 37.9 Å². The van der Waals surface area contributed by atoms with Gasteiger partial charge in [0.05, 0.1) is 0 Å². The fraction of sp³-hybridized carbons (Fsp3) is 1.00. The van der Waals surface area contributed by atoms with E-state index in [1.807, 2.05) is 0 Å². The van der Waals surface area contributed by atoms with Crippen LogP contribution in [0.4, 0.5) is 0 Å². The zero-order valence-corrected chi connectivity index (χ0v) is 7.82. The molecular formula is C8H15Br. The highest BCUT2D eigenvalue weighted by molar-refractivity contribution is 9.09. The van der Waals surface area contributed by atoms with Crippen molar-refractivity contribution in [1.29, 1.82) is 0 Å². The molecule has 0 aromatic heterocycles. The Balaban J connectivity index is 2.30. The summed E-state index contributed by atoms with van der Waals surface area (Å²) in [5, 5.41) is 0. The zero-order valence-electron chi connectivity index (χ0n) is 6.23. The molecule has 0 heterocycles. The van der Waals surface area contributed by atoms with Crippen molar-refractivity contribution in [1.82, 2.24) is 0 Å². The van der Waals surface area contributed by atoms with E-state index in [0.29, 0.717) is 0 Å². The van der Waals surface area contributed by atoms with Crippen LogP contribution in [0.3, 0.4) is 0 Å². The molecule has 0 bridgehead atoms. The lowest BCUT2D eigenvalue weighted by molar-refractivity contribution is 0.516. The summed E-state index contributed by atoms with van der Waals surface area (Å²) < 4.78 is 0. The summed E-state index contributed by atoms with van der Waals surface area (Å²) in [5.74, 6) is 1.94. The molecule has 0 spiro atoms. The van der Waals surface area contributed by atoms with Gasteiger partial charge in [-0.1, -0.05) is 36.2 Å². The molecule has 1 rings (SSSR count). The van der Waals surface area contributed by atoms with E-state index >= 15 is 0 Å². The Bertz CT molecular complexity index is 88.6. The molecule has 0 nitrogen and oxygen atoms in total. The summed E-state index contributed by atoms with van der Waals surface area (Å²) in [6.07, 6.45) is 4.32. The monoisotopic (exact) mass is 190 g/mol. The molecule has 0 saturated heterocycles. The van der Waals surface area contributed by atoms with E-state index in [1.54, 1.807) is 0 Å². The first kappa shape index (κ1) is 7.59. The molecule has 0 aromatic rings. The first-order valence-electron chi connectivity index (χ1n) is 3.84. The van der Waals surface area contributed by atoms with Gasteiger partial charge >= 0.3 is 0 Å².